The van der Waals surface area contributed by atoms with Crippen LogP contribution in [0.1, 0.15) is 5.56 Å². The van der Waals surface area contributed by atoms with Gasteiger partial charge in [-0.05, 0) is 23.8 Å². The molecule has 3 aromatic rings. The van der Waals surface area contributed by atoms with Gasteiger partial charge in [0, 0.05) is 18.9 Å². The quantitative estimate of drug-likeness (QED) is 0.762. The minimum absolute atomic E-state index is 0.0520. The Morgan fingerprint density at radius 2 is 1.74 bits per heavy atom. The first-order valence-electron chi connectivity index (χ1n) is 7.64. The minimum atomic E-state index is -0.365. The molecule has 0 spiro atoms. The highest BCUT2D eigenvalue weighted by Gasteiger charge is 2.18. The number of nitrogens with one attached hydrogen (secondary N) is 2. The fraction of sp³-hybridized carbons (Fsp3) is 0.158. The number of amides is 1. The van der Waals surface area contributed by atoms with Gasteiger partial charge in [0.15, 0.2) is 0 Å². The van der Waals surface area contributed by atoms with Crippen LogP contribution in [0.2, 0.25) is 0 Å². The van der Waals surface area contributed by atoms with Crippen molar-refractivity contribution in [2.75, 3.05) is 12.4 Å². The van der Waals surface area contributed by atoms with Crippen molar-refractivity contribution < 1.29 is 4.79 Å². The Bertz CT molecular complexity index is 802. The molecule has 23 heavy (non-hydrogen) atoms. The van der Waals surface area contributed by atoms with Crippen LogP contribution in [-0.2, 0) is 11.2 Å². The lowest BCUT2D eigenvalue weighted by molar-refractivity contribution is -0.121. The van der Waals surface area contributed by atoms with Crippen molar-refractivity contribution >= 4 is 22.6 Å². The fourth-order valence-electron chi connectivity index (χ4n) is 2.56. The molecule has 1 aromatic heterocycles. The van der Waals surface area contributed by atoms with Crippen LogP contribution in [0.3, 0.4) is 0 Å². The predicted molar refractivity (Wildman–Crippen MR) is 93.4 cm³/mol. The second-order valence-corrected chi connectivity index (χ2v) is 5.39. The summed E-state index contributed by atoms with van der Waals surface area (Å²) in [7, 11) is 1.65. The normalized spacial score (nSPS) is 11.9. The van der Waals surface area contributed by atoms with E-state index in [1.54, 1.807) is 7.05 Å². The summed E-state index contributed by atoms with van der Waals surface area (Å²) in [6, 6.07) is 21.4. The Hall–Kier alpha value is -2.88. The number of rotatable bonds is 5. The summed E-state index contributed by atoms with van der Waals surface area (Å²) >= 11 is 0. The lowest BCUT2D eigenvalue weighted by Gasteiger charge is -2.18. The number of nitrogens with zero attached hydrogens (tertiary/aromatic N) is 1. The largest absolute Gasteiger partial charge is 0.358 e. The molecule has 0 aliphatic carbocycles. The number of aromatic nitrogens is 1. The van der Waals surface area contributed by atoms with Crippen LogP contribution in [0.15, 0.2) is 66.7 Å². The van der Waals surface area contributed by atoms with E-state index in [2.05, 4.69) is 15.6 Å². The van der Waals surface area contributed by atoms with Crippen LogP contribution in [0.25, 0.3) is 10.9 Å². The SMILES string of the molecule is CNC(=O)[C@H](Cc1ccccc1)Nc1ccc2ccccc2n1. The molecule has 4 heteroatoms. The van der Waals surface area contributed by atoms with Gasteiger partial charge in [-0.2, -0.15) is 0 Å². The maximum absolute atomic E-state index is 12.2. The topological polar surface area (TPSA) is 54.0 Å². The van der Waals surface area contributed by atoms with E-state index in [4.69, 9.17) is 0 Å². The van der Waals surface area contributed by atoms with Gasteiger partial charge >= 0.3 is 0 Å². The van der Waals surface area contributed by atoms with Crippen molar-refractivity contribution in [3.63, 3.8) is 0 Å². The first-order valence-corrected chi connectivity index (χ1v) is 7.64. The van der Waals surface area contributed by atoms with Crippen molar-refractivity contribution in [3.05, 3.63) is 72.3 Å². The summed E-state index contributed by atoms with van der Waals surface area (Å²) in [4.78, 5) is 16.8. The number of anilines is 1. The molecule has 1 amide bonds. The van der Waals surface area contributed by atoms with E-state index in [0.717, 1.165) is 16.5 Å². The van der Waals surface area contributed by atoms with Gasteiger partial charge in [0.25, 0.3) is 0 Å². The third-order valence-corrected chi connectivity index (χ3v) is 3.77. The Morgan fingerprint density at radius 1 is 1.00 bits per heavy atom. The number of fused-ring (bicyclic) bond motifs is 1. The molecule has 0 unspecified atom stereocenters. The minimum Gasteiger partial charge on any atom is -0.358 e. The molecule has 4 nitrogen and oxygen atoms in total. The molecule has 0 aliphatic heterocycles. The van der Waals surface area contributed by atoms with Crippen LogP contribution in [-0.4, -0.2) is 24.0 Å². The van der Waals surface area contributed by atoms with Gasteiger partial charge in [0.1, 0.15) is 11.9 Å². The molecule has 116 valence electrons. The smallest absolute Gasteiger partial charge is 0.242 e. The van der Waals surface area contributed by atoms with Gasteiger partial charge in [0.2, 0.25) is 5.91 Å². The van der Waals surface area contributed by atoms with Gasteiger partial charge in [-0.1, -0.05) is 48.5 Å². The lowest BCUT2D eigenvalue weighted by Crippen LogP contribution is -2.39. The molecule has 0 aliphatic rings. The second-order valence-electron chi connectivity index (χ2n) is 5.39. The van der Waals surface area contributed by atoms with E-state index in [1.165, 1.54) is 0 Å². The van der Waals surface area contributed by atoms with E-state index in [9.17, 15) is 4.79 Å². The number of hydrogen-bond acceptors (Lipinski definition) is 3. The first kappa shape index (κ1) is 15.0. The summed E-state index contributed by atoms with van der Waals surface area (Å²) < 4.78 is 0. The van der Waals surface area contributed by atoms with Crippen molar-refractivity contribution in [1.82, 2.24) is 10.3 Å². The highest BCUT2D eigenvalue weighted by Crippen LogP contribution is 2.16. The number of para-hydroxylation sites is 1. The summed E-state index contributed by atoms with van der Waals surface area (Å²) in [5, 5.41) is 7.04. The number of hydrogen-bond donors (Lipinski definition) is 2. The van der Waals surface area contributed by atoms with E-state index >= 15 is 0 Å². The Labute approximate surface area is 135 Å². The van der Waals surface area contributed by atoms with Crippen LogP contribution in [0, 0.1) is 0 Å². The zero-order valence-electron chi connectivity index (χ0n) is 13.0. The highest BCUT2D eigenvalue weighted by molar-refractivity contribution is 5.85. The Kier molecular flexibility index (Phi) is 4.52. The standard InChI is InChI=1S/C19H19N3O/c1-20-19(23)17(13-14-7-3-2-4-8-14)22-18-12-11-15-9-5-6-10-16(15)21-18/h2-12,17H,13H2,1H3,(H,20,23)(H,21,22)/t17-/m0/s1. The molecule has 3 rings (SSSR count). The Balaban J connectivity index is 1.83. The van der Waals surface area contributed by atoms with Gasteiger partial charge < -0.3 is 10.6 Å². The van der Waals surface area contributed by atoms with Crippen LogP contribution >= 0.6 is 0 Å². The van der Waals surface area contributed by atoms with E-state index < -0.39 is 0 Å². The molecular weight excluding hydrogens is 286 g/mol. The molecule has 0 bridgehead atoms. The molecule has 2 N–H and O–H groups in total. The molecule has 1 atom stereocenters. The maximum atomic E-state index is 12.2. The molecule has 2 aromatic carbocycles. The average Bonchev–Trinajstić information content (AvgIpc) is 2.61. The summed E-state index contributed by atoms with van der Waals surface area (Å²) in [5.74, 6) is 0.650. The molecule has 0 radical (unpaired) electrons. The number of likely N-dealkylation sites (N-methyl/N-ethyl adjacent to an activating group) is 1. The number of pyridine rings is 1. The third kappa shape index (κ3) is 3.66. The summed E-state index contributed by atoms with van der Waals surface area (Å²) in [5.41, 5.74) is 2.02. The number of carbonyl (C=O) groups is 1. The monoisotopic (exact) mass is 305 g/mol. The van der Waals surface area contributed by atoms with Gasteiger partial charge in [-0.25, -0.2) is 4.98 Å². The highest BCUT2D eigenvalue weighted by atomic mass is 16.2. The van der Waals surface area contributed by atoms with Gasteiger partial charge in [-0.3, -0.25) is 4.79 Å². The average molecular weight is 305 g/mol. The summed E-state index contributed by atoms with van der Waals surface area (Å²) in [6.07, 6.45) is 0.606. The first-order chi connectivity index (χ1) is 11.3. The van der Waals surface area contributed by atoms with Crippen molar-refractivity contribution in [2.24, 2.45) is 0 Å². The molecular formula is C19H19N3O. The van der Waals surface area contributed by atoms with E-state index in [-0.39, 0.29) is 11.9 Å². The van der Waals surface area contributed by atoms with Crippen LogP contribution in [0.4, 0.5) is 5.82 Å². The summed E-state index contributed by atoms with van der Waals surface area (Å²) in [6.45, 7) is 0. The van der Waals surface area contributed by atoms with Crippen LogP contribution < -0.4 is 10.6 Å². The van der Waals surface area contributed by atoms with Crippen molar-refractivity contribution in [1.29, 1.82) is 0 Å². The second kappa shape index (κ2) is 6.92. The van der Waals surface area contributed by atoms with Crippen LogP contribution in [0.5, 0.6) is 0 Å². The van der Waals surface area contributed by atoms with E-state index in [0.29, 0.717) is 12.2 Å². The zero-order valence-corrected chi connectivity index (χ0v) is 13.0. The molecule has 1 heterocycles. The number of carbonyl (C=O) groups excluding carboxylic acids is 1. The zero-order chi connectivity index (χ0) is 16.1. The maximum Gasteiger partial charge on any atom is 0.242 e. The van der Waals surface area contributed by atoms with Crippen molar-refractivity contribution in [2.45, 2.75) is 12.5 Å². The fourth-order valence-corrected chi connectivity index (χ4v) is 2.56. The van der Waals surface area contributed by atoms with Gasteiger partial charge in [0.05, 0.1) is 5.52 Å². The lowest BCUT2D eigenvalue weighted by atomic mass is 10.1. The molecule has 0 saturated heterocycles. The molecule has 0 fully saturated rings. The van der Waals surface area contributed by atoms with Crippen molar-refractivity contribution in [3.8, 4) is 0 Å². The third-order valence-electron chi connectivity index (χ3n) is 3.77. The Morgan fingerprint density at radius 3 is 2.52 bits per heavy atom. The predicted octanol–water partition coefficient (Wildman–Crippen LogP) is 3.00. The number of benzene rings is 2. The van der Waals surface area contributed by atoms with Gasteiger partial charge in [-0.15, -0.1) is 0 Å². The molecule has 0 saturated carbocycles. The van der Waals surface area contributed by atoms with E-state index in [1.807, 2.05) is 66.7 Å².